The third-order valence-electron chi connectivity index (χ3n) is 3.06. The van der Waals surface area contributed by atoms with Crippen LogP contribution in [-0.4, -0.2) is 25.6 Å². The van der Waals surface area contributed by atoms with E-state index in [0.29, 0.717) is 23.9 Å². The third-order valence-corrected chi connectivity index (χ3v) is 3.48. The molecule has 4 nitrogen and oxygen atoms in total. The number of benzene rings is 1. The Morgan fingerprint density at radius 2 is 2.10 bits per heavy atom. The molecule has 0 spiro atoms. The predicted octanol–water partition coefficient (Wildman–Crippen LogP) is 3.31. The average molecular weight is 307 g/mol. The van der Waals surface area contributed by atoms with E-state index >= 15 is 0 Å². The summed E-state index contributed by atoms with van der Waals surface area (Å²) in [7, 11) is 0. The number of hydrogen-bond acceptors (Lipinski definition) is 3. The van der Waals surface area contributed by atoms with Gasteiger partial charge in [0.1, 0.15) is 5.82 Å². The molecule has 0 saturated heterocycles. The molecule has 102 valence electrons. The number of alkyl halides is 1. The van der Waals surface area contributed by atoms with Crippen molar-refractivity contribution in [2.45, 2.75) is 13.0 Å². The molecule has 2 aromatic heterocycles. The first-order chi connectivity index (χ1) is 9.78. The van der Waals surface area contributed by atoms with Crippen molar-refractivity contribution in [3.8, 4) is 0 Å². The van der Waals surface area contributed by atoms with E-state index in [9.17, 15) is 0 Å². The van der Waals surface area contributed by atoms with Gasteiger partial charge in [0.2, 0.25) is 0 Å². The highest BCUT2D eigenvalue weighted by molar-refractivity contribution is 6.31. The zero-order valence-corrected chi connectivity index (χ0v) is 12.1. The quantitative estimate of drug-likeness (QED) is 0.695. The van der Waals surface area contributed by atoms with Gasteiger partial charge in [0.25, 0.3) is 0 Å². The molecule has 1 aromatic carbocycles. The lowest BCUT2D eigenvalue weighted by Crippen LogP contribution is -2.07. The van der Waals surface area contributed by atoms with Crippen molar-refractivity contribution >= 4 is 34.2 Å². The monoisotopic (exact) mass is 306 g/mol. The second-order valence-corrected chi connectivity index (χ2v) is 5.22. The van der Waals surface area contributed by atoms with Gasteiger partial charge in [-0.05, 0) is 30.3 Å². The van der Waals surface area contributed by atoms with Gasteiger partial charge in [-0.2, -0.15) is 10.2 Å². The number of hydrogen-bond donors (Lipinski definition) is 0. The van der Waals surface area contributed by atoms with Crippen LogP contribution in [0.15, 0.2) is 36.5 Å². The lowest BCUT2D eigenvalue weighted by Gasteiger charge is -2.07. The molecule has 3 aromatic rings. The molecule has 0 unspecified atom stereocenters. The summed E-state index contributed by atoms with van der Waals surface area (Å²) < 4.78 is 2.09. The Morgan fingerprint density at radius 1 is 1.20 bits per heavy atom. The predicted molar refractivity (Wildman–Crippen MR) is 80.3 cm³/mol. The van der Waals surface area contributed by atoms with Crippen LogP contribution in [0.2, 0.25) is 5.02 Å². The molecule has 0 aliphatic carbocycles. The van der Waals surface area contributed by atoms with Crippen molar-refractivity contribution in [1.82, 2.24) is 19.7 Å². The lowest BCUT2D eigenvalue weighted by molar-refractivity contribution is 0.724. The van der Waals surface area contributed by atoms with Crippen LogP contribution in [0, 0.1) is 0 Å². The van der Waals surface area contributed by atoms with E-state index in [0.717, 1.165) is 22.6 Å². The Bertz CT molecular complexity index is 725. The van der Waals surface area contributed by atoms with Gasteiger partial charge in [-0.3, -0.25) is 0 Å². The molecule has 0 atom stereocenters. The summed E-state index contributed by atoms with van der Waals surface area (Å²) >= 11 is 11.9. The number of imidazole rings is 1. The standard InChI is InChI=1S/C14H12Cl2N4/c15-6-5-14-18-12-4-3-10(16)8-13(12)20(14)9-11-2-1-7-17-19-11/h1-4,7-8H,5-6,9H2. The minimum atomic E-state index is 0.525. The first-order valence-corrected chi connectivity index (χ1v) is 7.16. The zero-order valence-electron chi connectivity index (χ0n) is 10.6. The van der Waals surface area contributed by atoms with Gasteiger partial charge >= 0.3 is 0 Å². The van der Waals surface area contributed by atoms with E-state index in [-0.39, 0.29) is 0 Å². The molecule has 0 aliphatic rings. The van der Waals surface area contributed by atoms with Gasteiger partial charge in [-0.15, -0.1) is 11.6 Å². The van der Waals surface area contributed by atoms with Crippen LogP contribution in [0.1, 0.15) is 11.5 Å². The Balaban J connectivity index is 2.10. The fourth-order valence-electron chi connectivity index (χ4n) is 2.18. The van der Waals surface area contributed by atoms with Crippen LogP contribution >= 0.6 is 23.2 Å². The zero-order chi connectivity index (χ0) is 13.9. The van der Waals surface area contributed by atoms with Crippen LogP contribution in [0.4, 0.5) is 0 Å². The van der Waals surface area contributed by atoms with E-state index in [1.807, 2.05) is 30.3 Å². The van der Waals surface area contributed by atoms with Crippen LogP contribution in [0.5, 0.6) is 0 Å². The minimum absolute atomic E-state index is 0.525. The molecule has 0 fully saturated rings. The highest BCUT2D eigenvalue weighted by atomic mass is 35.5. The maximum atomic E-state index is 6.08. The summed E-state index contributed by atoms with van der Waals surface area (Å²) in [6, 6.07) is 9.48. The second kappa shape index (κ2) is 5.77. The number of aromatic nitrogens is 4. The van der Waals surface area contributed by atoms with Crippen molar-refractivity contribution in [3.63, 3.8) is 0 Å². The fraction of sp³-hybridized carbons (Fsp3) is 0.214. The van der Waals surface area contributed by atoms with Crippen molar-refractivity contribution in [1.29, 1.82) is 0 Å². The topological polar surface area (TPSA) is 43.6 Å². The number of aryl methyl sites for hydroxylation is 1. The minimum Gasteiger partial charge on any atom is -0.322 e. The lowest BCUT2D eigenvalue weighted by atomic mass is 10.3. The van der Waals surface area contributed by atoms with E-state index in [2.05, 4.69) is 19.7 Å². The molecule has 0 aliphatic heterocycles. The van der Waals surface area contributed by atoms with Crippen molar-refractivity contribution in [2.24, 2.45) is 0 Å². The molecular weight excluding hydrogens is 295 g/mol. The molecule has 0 saturated carbocycles. The second-order valence-electron chi connectivity index (χ2n) is 4.40. The third kappa shape index (κ3) is 2.62. The maximum Gasteiger partial charge on any atom is 0.111 e. The normalized spacial score (nSPS) is 11.1. The van der Waals surface area contributed by atoms with Crippen molar-refractivity contribution in [3.05, 3.63) is 53.1 Å². The summed E-state index contributed by atoms with van der Waals surface area (Å²) in [5.74, 6) is 1.46. The molecular formula is C14H12Cl2N4. The number of rotatable bonds is 4. The first kappa shape index (κ1) is 13.3. The highest BCUT2D eigenvalue weighted by Crippen LogP contribution is 2.22. The van der Waals surface area contributed by atoms with Crippen molar-refractivity contribution in [2.75, 3.05) is 5.88 Å². The van der Waals surface area contributed by atoms with Gasteiger partial charge in [-0.25, -0.2) is 4.98 Å². The summed E-state index contributed by atoms with van der Waals surface area (Å²) in [5, 5.41) is 8.71. The Hall–Kier alpha value is -1.65. The fourth-order valence-corrected chi connectivity index (χ4v) is 2.51. The van der Waals surface area contributed by atoms with Crippen LogP contribution in [0.3, 0.4) is 0 Å². The molecule has 20 heavy (non-hydrogen) atoms. The van der Waals surface area contributed by atoms with Gasteiger partial charge < -0.3 is 4.57 Å². The van der Waals surface area contributed by atoms with Crippen LogP contribution in [-0.2, 0) is 13.0 Å². The number of fused-ring (bicyclic) bond motifs is 1. The van der Waals surface area contributed by atoms with E-state index in [4.69, 9.17) is 23.2 Å². The smallest absolute Gasteiger partial charge is 0.111 e. The molecule has 3 rings (SSSR count). The number of nitrogens with zero attached hydrogens (tertiary/aromatic N) is 4. The Kier molecular flexibility index (Phi) is 3.85. The van der Waals surface area contributed by atoms with E-state index in [1.54, 1.807) is 6.20 Å². The van der Waals surface area contributed by atoms with E-state index < -0.39 is 0 Å². The first-order valence-electron chi connectivity index (χ1n) is 6.25. The Labute approximate surface area is 126 Å². The summed E-state index contributed by atoms with van der Waals surface area (Å²) in [6.07, 6.45) is 2.36. The van der Waals surface area contributed by atoms with Crippen molar-refractivity contribution < 1.29 is 0 Å². The molecule has 0 amide bonds. The summed E-state index contributed by atoms with van der Waals surface area (Å²) in [5.41, 5.74) is 2.78. The van der Waals surface area contributed by atoms with Crippen LogP contribution in [0.25, 0.3) is 11.0 Å². The van der Waals surface area contributed by atoms with Gasteiger partial charge in [0.15, 0.2) is 0 Å². The largest absolute Gasteiger partial charge is 0.322 e. The van der Waals surface area contributed by atoms with E-state index in [1.165, 1.54) is 0 Å². The van der Waals surface area contributed by atoms with Gasteiger partial charge in [0.05, 0.1) is 23.3 Å². The summed E-state index contributed by atoms with van der Waals surface area (Å²) in [4.78, 5) is 4.61. The van der Waals surface area contributed by atoms with Gasteiger partial charge in [0, 0.05) is 23.5 Å². The SMILES string of the molecule is ClCCc1nc2ccc(Cl)cc2n1Cc1cccnn1. The Morgan fingerprint density at radius 3 is 2.85 bits per heavy atom. The molecule has 0 bridgehead atoms. The molecule has 0 radical (unpaired) electrons. The highest BCUT2D eigenvalue weighted by Gasteiger charge is 2.11. The summed E-state index contributed by atoms with van der Waals surface area (Å²) in [6.45, 7) is 0.608. The average Bonchev–Trinajstić information content (AvgIpc) is 2.78. The number of halogens is 2. The molecule has 0 N–H and O–H groups in total. The molecule has 2 heterocycles. The van der Waals surface area contributed by atoms with Gasteiger partial charge in [-0.1, -0.05) is 11.6 Å². The maximum absolute atomic E-state index is 6.08. The molecule has 6 heteroatoms. The van der Waals surface area contributed by atoms with Crippen LogP contribution < -0.4 is 0 Å².